The van der Waals surface area contributed by atoms with E-state index in [-0.39, 0.29) is 5.56 Å². The largest absolute Gasteiger partial charge is 0.368 e. The minimum Gasteiger partial charge on any atom is -0.368 e. The molecule has 3 aromatic carbocycles. The molecule has 0 bridgehead atoms. The van der Waals surface area contributed by atoms with Gasteiger partial charge in [0.05, 0.1) is 21.2 Å². The van der Waals surface area contributed by atoms with E-state index in [0.29, 0.717) is 22.6 Å². The molecule has 1 saturated heterocycles. The molecule has 0 amide bonds. The number of rotatable bonds is 4. The number of nitrogens with zero attached hydrogens (tertiary/aromatic N) is 5. The third kappa shape index (κ3) is 4.23. The number of aromatic nitrogens is 4. The van der Waals surface area contributed by atoms with Crippen LogP contribution in [-0.4, -0.2) is 46.1 Å². The number of nitrogens with one attached hydrogen (secondary N) is 1. The van der Waals surface area contributed by atoms with E-state index in [1.807, 2.05) is 48.5 Å². The summed E-state index contributed by atoms with van der Waals surface area (Å²) in [5.74, 6) is 2.21. The summed E-state index contributed by atoms with van der Waals surface area (Å²) in [4.78, 5) is 37.4. The number of piperazine rings is 1. The third-order valence-corrected chi connectivity index (χ3v) is 8.52. The molecule has 1 fully saturated rings. The fourth-order valence-electron chi connectivity index (χ4n) is 5.30. The molecule has 3 aromatic heterocycles. The van der Waals surface area contributed by atoms with E-state index in [0.717, 1.165) is 58.2 Å². The second-order valence-corrected chi connectivity index (χ2v) is 10.7. The average Bonchev–Trinajstić information content (AvgIpc) is 3.34. The maximum atomic E-state index is 12.9. The maximum absolute atomic E-state index is 12.9. The fraction of sp³-hybridized carbons (Fsp3) is 0.161. The number of fused-ring (bicyclic) bond motifs is 2. The van der Waals surface area contributed by atoms with Gasteiger partial charge in [-0.2, -0.15) is 0 Å². The van der Waals surface area contributed by atoms with Gasteiger partial charge in [-0.3, -0.25) is 4.79 Å². The fourth-order valence-corrected chi connectivity index (χ4v) is 6.42. The molecule has 0 saturated carbocycles. The molecular formula is C31H26N6OS. The van der Waals surface area contributed by atoms with Crippen LogP contribution in [0.2, 0.25) is 0 Å². The molecule has 192 valence electrons. The second-order valence-electron chi connectivity index (χ2n) is 9.71. The first kappa shape index (κ1) is 23.5. The van der Waals surface area contributed by atoms with Crippen LogP contribution in [0.4, 0.5) is 11.5 Å². The van der Waals surface area contributed by atoms with Crippen LogP contribution in [0.5, 0.6) is 0 Å². The topological polar surface area (TPSA) is 78.0 Å². The van der Waals surface area contributed by atoms with Crippen LogP contribution in [0.3, 0.4) is 0 Å². The van der Waals surface area contributed by atoms with Gasteiger partial charge in [0.1, 0.15) is 10.6 Å². The highest BCUT2D eigenvalue weighted by molar-refractivity contribution is 7.22. The molecule has 0 spiro atoms. The summed E-state index contributed by atoms with van der Waals surface area (Å²) in [5, 5.41) is 1.61. The molecule has 39 heavy (non-hydrogen) atoms. The number of hydrogen-bond donors (Lipinski definition) is 1. The van der Waals surface area contributed by atoms with E-state index in [1.165, 1.54) is 5.69 Å². The van der Waals surface area contributed by atoms with Crippen molar-refractivity contribution < 1.29 is 0 Å². The summed E-state index contributed by atoms with van der Waals surface area (Å²) in [7, 11) is 0. The van der Waals surface area contributed by atoms with Crippen LogP contribution in [-0.2, 0) is 0 Å². The van der Waals surface area contributed by atoms with Crippen LogP contribution >= 0.6 is 11.3 Å². The highest BCUT2D eigenvalue weighted by Crippen LogP contribution is 2.41. The van der Waals surface area contributed by atoms with E-state index < -0.39 is 0 Å². The summed E-state index contributed by atoms with van der Waals surface area (Å²) in [6, 6.07) is 28.1. The summed E-state index contributed by atoms with van der Waals surface area (Å²) >= 11 is 1.56. The van der Waals surface area contributed by atoms with Crippen molar-refractivity contribution in [2.45, 2.75) is 6.92 Å². The minimum atomic E-state index is -0.138. The Labute approximate surface area is 229 Å². The molecule has 7 nitrogen and oxygen atoms in total. The highest BCUT2D eigenvalue weighted by atomic mass is 32.1. The van der Waals surface area contributed by atoms with Gasteiger partial charge >= 0.3 is 0 Å². The molecule has 0 atom stereocenters. The molecular weight excluding hydrogens is 504 g/mol. The third-order valence-electron chi connectivity index (χ3n) is 7.33. The van der Waals surface area contributed by atoms with Gasteiger partial charge in [0.2, 0.25) is 0 Å². The minimum absolute atomic E-state index is 0.138. The molecule has 4 heterocycles. The van der Waals surface area contributed by atoms with Gasteiger partial charge in [-0.1, -0.05) is 60.7 Å². The Morgan fingerprint density at radius 3 is 2.21 bits per heavy atom. The number of para-hydroxylation sites is 2. The van der Waals surface area contributed by atoms with Gasteiger partial charge in [-0.15, -0.1) is 11.3 Å². The lowest BCUT2D eigenvalue weighted by atomic mass is 10.1. The predicted molar refractivity (Wildman–Crippen MR) is 160 cm³/mol. The molecule has 7 rings (SSSR count). The molecule has 1 aliphatic heterocycles. The van der Waals surface area contributed by atoms with Gasteiger partial charge in [-0.25, -0.2) is 15.0 Å². The number of aromatic amines is 1. The maximum Gasteiger partial charge on any atom is 0.259 e. The van der Waals surface area contributed by atoms with Crippen molar-refractivity contribution in [3.8, 4) is 22.1 Å². The van der Waals surface area contributed by atoms with Crippen LogP contribution < -0.4 is 15.4 Å². The first-order valence-electron chi connectivity index (χ1n) is 13.1. The summed E-state index contributed by atoms with van der Waals surface area (Å²) in [5.41, 5.74) is 3.81. The van der Waals surface area contributed by atoms with E-state index in [1.54, 1.807) is 17.4 Å². The van der Waals surface area contributed by atoms with Crippen molar-refractivity contribution in [3.63, 3.8) is 0 Å². The smallest absolute Gasteiger partial charge is 0.259 e. The van der Waals surface area contributed by atoms with Crippen molar-refractivity contribution in [1.82, 2.24) is 19.9 Å². The van der Waals surface area contributed by atoms with Crippen LogP contribution in [0.1, 0.15) is 5.56 Å². The van der Waals surface area contributed by atoms with Crippen molar-refractivity contribution in [2.75, 3.05) is 36.0 Å². The zero-order valence-corrected chi connectivity index (χ0v) is 22.3. The lowest BCUT2D eigenvalue weighted by Crippen LogP contribution is -2.47. The number of benzene rings is 3. The summed E-state index contributed by atoms with van der Waals surface area (Å²) < 4.78 is 0. The molecule has 0 unspecified atom stereocenters. The quantitative estimate of drug-likeness (QED) is 0.306. The van der Waals surface area contributed by atoms with Gasteiger partial charge < -0.3 is 14.8 Å². The predicted octanol–water partition coefficient (Wildman–Crippen LogP) is 5.90. The average molecular weight is 531 g/mol. The first-order chi connectivity index (χ1) is 19.2. The Balaban J connectivity index is 1.35. The molecule has 0 radical (unpaired) electrons. The first-order valence-corrected chi connectivity index (χ1v) is 13.9. The highest BCUT2D eigenvalue weighted by Gasteiger charge is 2.25. The van der Waals surface area contributed by atoms with E-state index >= 15 is 0 Å². The van der Waals surface area contributed by atoms with E-state index in [9.17, 15) is 4.79 Å². The van der Waals surface area contributed by atoms with E-state index in [4.69, 9.17) is 15.0 Å². The molecule has 6 aromatic rings. The van der Waals surface area contributed by atoms with Crippen molar-refractivity contribution >= 4 is 44.0 Å². The Hall–Kier alpha value is -4.56. The van der Waals surface area contributed by atoms with Crippen LogP contribution in [0, 0.1) is 6.92 Å². The zero-order chi connectivity index (χ0) is 26.3. The lowest BCUT2D eigenvalue weighted by Gasteiger charge is -2.37. The van der Waals surface area contributed by atoms with Crippen molar-refractivity contribution in [2.24, 2.45) is 0 Å². The summed E-state index contributed by atoms with van der Waals surface area (Å²) in [6.07, 6.45) is 0. The zero-order valence-electron chi connectivity index (χ0n) is 21.5. The number of thiophene rings is 1. The Morgan fingerprint density at radius 1 is 0.769 bits per heavy atom. The van der Waals surface area contributed by atoms with Gasteiger partial charge in [0.15, 0.2) is 11.6 Å². The van der Waals surface area contributed by atoms with Crippen molar-refractivity contribution in [1.29, 1.82) is 0 Å². The van der Waals surface area contributed by atoms with Gasteiger partial charge in [0.25, 0.3) is 5.56 Å². The second kappa shape index (κ2) is 9.63. The molecule has 1 aliphatic rings. The summed E-state index contributed by atoms with van der Waals surface area (Å²) in [6.45, 7) is 5.60. The number of aryl methyl sites for hydroxylation is 1. The Kier molecular flexibility index (Phi) is 5.82. The Bertz CT molecular complexity index is 1860. The monoisotopic (exact) mass is 530 g/mol. The van der Waals surface area contributed by atoms with Gasteiger partial charge in [-0.05, 0) is 36.8 Å². The molecule has 0 aliphatic carbocycles. The van der Waals surface area contributed by atoms with Gasteiger partial charge in [0, 0.05) is 37.4 Å². The number of hydrogen-bond acceptors (Lipinski definition) is 7. The lowest BCUT2D eigenvalue weighted by molar-refractivity contribution is 0.649. The normalized spacial score (nSPS) is 13.9. The standard InChI is InChI=1S/C31H26N6OS/c1-20-25-29(37-18-16-36(17-19-37)22-12-6-3-7-13-22)33-27(21-10-4-2-5-11-21)35-31(25)39-26(20)28-32-24-15-9-8-14-23(24)30(38)34-28/h2-15H,16-19H2,1H3,(H,32,34,38). The van der Waals surface area contributed by atoms with E-state index in [2.05, 4.69) is 52.0 Å². The van der Waals surface area contributed by atoms with Crippen molar-refractivity contribution in [3.05, 3.63) is 101 Å². The van der Waals surface area contributed by atoms with Crippen LogP contribution in [0.15, 0.2) is 89.7 Å². The number of H-pyrrole nitrogens is 1. The molecule has 8 heteroatoms. The van der Waals surface area contributed by atoms with Crippen LogP contribution in [0.25, 0.3) is 43.2 Å². The SMILES string of the molecule is Cc1c(-c2nc3ccccc3c(=O)[nH]2)sc2nc(-c3ccccc3)nc(N3CCN(c4ccccc4)CC3)c12. The Morgan fingerprint density at radius 2 is 1.44 bits per heavy atom. The number of anilines is 2. The molecule has 1 N–H and O–H groups in total.